The summed E-state index contributed by atoms with van der Waals surface area (Å²) in [5, 5.41) is 0. The van der Waals surface area contributed by atoms with Gasteiger partial charge in [0.25, 0.3) is 11.9 Å². The third kappa shape index (κ3) is 3.20. The van der Waals surface area contributed by atoms with Gasteiger partial charge in [-0.3, -0.25) is 9.59 Å². The standard InChI is InChI=1S/C15H22N2O4/c1-4-5-6-11-14(18)16(2)9-10-17(11)15(19)12-7-8-13(20-3)21-12/h7-8,11H,4-6,9-10H2,1-3H3. The average molecular weight is 294 g/mol. The van der Waals surface area contributed by atoms with Gasteiger partial charge < -0.3 is 19.0 Å². The fraction of sp³-hybridized carbons (Fsp3) is 0.600. The number of methoxy groups -OCH3 is 1. The number of furan rings is 1. The van der Waals surface area contributed by atoms with Crippen LogP contribution in [0.5, 0.6) is 5.95 Å². The second-order valence-corrected chi connectivity index (χ2v) is 5.24. The average Bonchev–Trinajstić information content (AvgIpc) is 2.97. The van der Waals surface area contributed by atoms with E-state index in [0.717, 1.165) is 12.8 Å². The lowest BCUT2D eigenvalue weighted by Gasteiger charge is -2.38. The van der Waals surface area contributed by atoms with E-state index in [1.54, 1.807) is 29.0 Å². The second kappa shape index (κ2) is 6.65. The summed E-state index contributed by atoms with van der Waals surface area (Å²) in [6, 6.07) is 2.79. The zero-order valence-electron chi connectivity index (χ0n) is 12.8. The van der Waals surface area contributed by atoms with Crippen LogP contribution in [0.2, 0.25) is 0 Å². The summed E-state index contributed by atoms with van der Waals surface area (Å²) < 4.78 is 10.3. The Labute approximate surface area is 124 Å². The summed E-state index contributed by atoms with van der Waals surface area (Å²) in [4.78, 5) is 28.2. The minimum atomic E-state index is -0.396. The normalized spacial score (nSPS) is 19.0. The van der Waals surface area contributed by atoms with E-state index >= 15 is 0 Å². The molecule has 0 saturated carbocycles. The Balaban J connectivity index is 2.17. The van der Waals surface area contributed by atoms with Crippen LogP contribution in [0.15, 0.2) is 16.5 Å². The van der Waals surface area contributed by atoms with Crippen LogP contribution in [-0.2, 0) is 4.79 Å². The number of hydrogen-bond donors (Lipinski definition) is 0. The smallest absolute Gasteiger partial charge is 0.290 e. The van der Waals surface area contributed by atoms with Gasteiger partial charge in [-0.25, -0.2) is 0 Å². The number of amides is 2. The molecule has 116 valence electrons. The van der Waals surface area contributed by atoms with Gasteiger partial charge in [0.15, 0.2) is 5.76 Å². The van der Waals surface area contributed by atoms with E-state index < -0.39 is 6.04 Å². The van der Waals surface area contributed by atoms with E-state index in [-0.39, 0.29) is 17.6 Å². The lowest BCUT2D eigenvalue weighted by atomic mass is 10.0. The number of unbranched alkanes of at least 4 members (excludes halogenated alkanes) is 1. The molecule has 6 nitrogen and oxygen atoms in total. The van der Waals surface area contributed by atoms with E-state index in [1.165, 1.54) is 7.11 Å². The summed E-state index contributed by atoms with van der Waals surface area (Å²) in [7, 11) is 3.26. The van der Waals surface area contributed by atoms with Crippen molar-refractivity contribution < 1.29 is 18.7 Å². The minimum absolute atomic E-state index is 0.00145. The fourth-order valence-corrected chi connectivity index (χ4v) is 2.52. The Hall–Kier alpha value is -1.98. The number of nitrogens with zero attached hydrogens (tertiary/aromatic N) is 2. The highest BCUT2D eigenvalue weighted by Crippen LogP contribution is 2.22. The van der Waals surface area contributed by atoms with Crippen LogP contribution in [0, 0.1) is 0 Å². The molecule has 1 saturated heterocycles. The first kappa shape index (κ1) is 15.4. The van der Waals surface area contributed by atoms with E-state index in [4.69, 9.17) is 9.15 Å². The summed E-state index contributed by atoms with van der Waals surface area (Å²) in [6.45, 7) is 3.14. The minimum Gasteiger partial charge on any atom is -0.468 e. The molecule has 1 aliphatic rings. The molecule has 1 atom stereocenters. The predicted molar refractivity (Wildman–Crippen MR) is 77.2 cm³/mol. The van der Waals surface area contributed by atoms with Crippen molar-refractivity contribution in [2.24, 2.45) is 0 Å². The van der Waals surface area contributed by atoms with Crippen molar-refractivity contribution in [3.63, 3.8) is 0 Å². The molecule has 21 heavy (non-hydrogen) atoms. The van der Waals surface area contributed by atoms with E-state index in [9.17, 15) is 9.59 Å². The Morgan fingerprint density at radius 2 is 2.19 bits per heavy atom. The molecule has 1 aromatic heterocycles. The van der Waals surface area contributed by atoms with Crippen LogP contribution >= 0.6 is 0 Å². The third-order valence-electron chi connectivity index (χ3n) is 3.80. The van der Waals surface area contributed by atoms with Gasteiger partial charge in [0.2, 0.25) is 5.91 Å². The maximum atomic E-state index is 12.6. The van der Waals surface area contributed by atoms with Gasteiger partial charge in [0, 0.05) is 26.2 Å². The fourth-order valence-electron chi connectivity index (χ4n) is 2.52. The topological polar surface area (TPSA) is 63.0 Å². The Bertz CT molecular complexity index is 512. The molecule has 2 heterocycles. The van der Waals surface area contributed by atoms with Crippen LogP contribution in [0.3, 0.4) is 0 Å². The third-order valence-corrected chi connectivity index (χ3v) is 3.80. The summed E-state index contributed by atoms with van der Waals surface area (Å²) in [5.74, 6) is 0.261. The van der Waals surface area contributed by atoms with Crippen molar-refractivity contribution in [2.45, 2.75) is 32.2 Å². The maximum Gasteiger partial charge on any atom is 0.290 e. The molecule has 1 aliphatic heterocycles. The molecular weight excluding hydrogens is 272 g/mol. The lowest BCUT2D eigenvalue weighted by Crippen LogP contribution is -2.57. The Morgan fingerprint density at radius 3 is 2.81 bits per heavy atom. The zero-order chi connectivity index (χ0) is 15.4. The molecule has 1 aromatic rings. The first-order chi connectivity index (χ1) is 10.1. The molecular formula is C15H22N2O4. The highest BCUT2D eigenvalue weighted by atomic mass is 16.6. The predicted octanol–water partition coefficient (Wildman–Crippen LogP) is 1.76. The van der Waals surface area contributed by atoms with Crippen LogP contribution in [0.25, 0.3) is 0 Å². The molecule has 6 heteroatoms. The van der Waals surface area contributed by atoms with E-state index in [2.05, 4.69) is 6.92 Å². The highest BCUT2D eigenvalue weighted by molar-refractivity contribution is 5.96. The molecule has 2 amide bonds. The van der Waals surface area contributed by atoms with Crippen molar-refractivity contribution in [1.82, 2.24) is 9.80 Å². The second-order valence-electron chi connectivity index (χ2n) is 5.24. The van der Waals surface area contributed by atoms with Gasteiger partial charge >= 0.3 is 0 Å². The van der Waals surface area contributed by atoms with Gasteiger partial charge in [-0.15, -0.1) is 0 Å². The SMILES string of the molecule is CCCCC1C(=O)N(C)CCN1C(=O)c1ccc(OC)o1. The van der Waals surface area contributed by atoms with Gasteiger partial charge in [0.05, 0.1) is 7.11 Å². The number of carbonyl (C=O) groups is 2. The monoisotopic (exact) mass is 294 g/mol. The number of piperazine rings is 1. The summed E-state index contributed by atoms with van der Waals surface area (Å²) >= 11 is 0. The zero-order valence-corrected chi connectivity index (χ0v) is 12.8. The first-order valence-electron chi connectivity index (χ1n) is 7.28. The number of hydrogen-bond acceptors (Lipinski definition) is 4. The van der Waals surface area contributed by atoms with Crippen LogP contribution in [0.1, 0.15) is 36.7 Å². The molecule has 1 unspecified atom stereocenters. The van der Waals surface area contributed by atoms with Gasteiger partial charge in [-0.05, 0) is 12.5 Å². The largest absolute Gasteiger partial charge is 0.468 e. The highest BCUT2D eigenvalue weighted by Gasteiger charge is 2.36. The van der Waals surface area contributed by atoms with Gasteiger partial charge in [-0.1, -0.05) is 19.8 Å². The van der Waals surface area contributed by atoms with Crippen LogP contribution < -0.4 is 4.74 Å². The molecule has 1 fully saturated rings. The Morgan fingerprint density at radius 1 is 1.43 bits per heavy atom. The van der Waals surface area contributed by atoms with Crippen LogP contribution in [0.4, 0.5) is 0 Å². The number of rotatable bonds is 5. The quantitative estimate of drug-likeness (QED) is 0.830. The lowest BCUT2D eigenvalue weighted by molar-refractivity contribution is -0.138. The van der Waals surface area contributed by atoms with Crippen LogP contribution in [-0.4, -0.2) is 54.9 Å². The first-order valence-corrected chi connectivity index (χ1v) is 7.28. The maximum absolute atomic E-state index is 12.6. The summed E-state index contributed by atoms with van der Waals surface area (Å²) in [5.41, 5.74) is 0. The van der Waals surface area contributed by atoms with Crippen molar-refractivity contribution in [2.75, 3.05) is 27.2 Å². The Kier molecular flexibility index (Phi) is 4.88. The molecule has 0 N–H and O–H groups in total. The number of likely N-dealkylation sites (N-methyl/N-ethyl adjacent to an activating group) is 1. The molecule has 0 bridgehead atoms. The molecule has 0 radical (unpaired) electrons. The van der Waals surface area contributed by atoms with Gasteiger partial charge in [0.1, 0.15) is 6.04 Å². The molecule has 0 aromatic carbocycles. The number of ether oxygens (including phenoxy) is 1. The van der Waals surface area contributed by atoms with Gasteiger partial charge in [-0.2, -0.15) is 0 Å². The molecule has 2 rings (SSSR count). The van der Waals surface area contributed by atoms with Crippen molar-refractivity contribution in [3.8, 4) is 5.95 Å². The summed E-state index contributed by atoms with van der Waals surface area (Å²) in [6.07, 6.45) is 2.59. The molecule has 0 spiro atoms. The van der Waals surface area contributed by atoms with Crippen molar-refractivity contribution in [1.29, 1.82) is 0 Å². The molecule has 0 aliphatic carbocycles. The van der Waals surface area contributed by atoms with Crippen molar-refractivity contribution in [3.05, 3.63) is 17.9 Å². The van der Waals surface area contributed by atoms with E-state index in [1.807, 2.05) is 0 Å². The van der Waals surface area contributed by atoms with Crippen molar-refractivity contribution >= 4 is 11.8 Å². The van der Waals surface area contributed by atoms with E-state index in [0.29, 0.717) is 25.5 Å². The number of carbonyl (C=O) groups excluding carboxylic acids is 2.